The summed E-state index contributed by atoms with van der Waals surface area (Å²) < 4.78 is 37.7. The predicted octanol–water partition coefficient (Wildman–Crippen LogP) is 4.62. The maximum absolute atomic E-state index is 14.0. The highest BCUT2D eigenvalue weighted by Gasteiger charge is 2.21. The fraction of sp³-hybridized carbons (Fsp3) is 0.250. The van der Waals surface area contributed by atoms with Crippen LogP contribution in [0.25, 0.3) is 0 Å². The van der Waals surface area contributed by atoms with Gasteiger partial charge in [0.15, 0.2) is 0 Å². The van der Waals surface area contributed by atoms with Gasteiger partial charge in [0, 0.05) is 23.3 Å². The van der Waals surface area contributed by atoms with E-state index in [-0.39, 0.29) is 5.56 Å². The van der Waals surface area contributed by atoms with Gasteiger partial charge in [-0.15, -0.1) is 11.6 Å². The van der Waals surface area contributed by atoms with E-state index in [0.29, 0.717) is 22.6 Å². The van der Waals surface area contributed by atoms with Crippen molar-refractivity contribution in [3.8, 4) is 11.5 Å². The van der Waals surface area contributed by atoms with Crippen LogP contribution in [0.15, 0.2) is 30.3 Å². The van der Waals surface area contributed by atoms with Crippen molar-refractivity contribution >= 4 is 11.6 Å². The number of hydrogen-bond donors (Lipinski definition) is 0. The van der Waals surface area contributed by atoms with Gasteiger partial charge in [0.1, 0.15) is 23.1 Å². The zero-order valence-corrected chi connectivity index (χ0v) is 12.7. The van der Waals surface area contributed by atoms with E-state index < -0.39 is 17.0 Å². The van der Waals surface area contributed by atoms with E-state index >= 15 is 0 Å². The molecular weight excluding hydrogens is 298 g/mol. The molecule has 1 unspecified atom stereocenters. The van der Waals surface area contributed by atoms with Crippen LogP contribution in [-0.2, 0) is 0 Å². The van der Waals surface area contributed by atoms with Crippen molar-refractivity contribution in [2.24, 2.45) is 0 Å². The van der Waals surface area contributed by atoms with Gasteiger partial charge in [-0.2, -0.15) is 0 Å². The Morgan fingerprint density at radius 2 is 1.67 bits per heavy atom. The van der Waals surface area contributed by atoms with E-state index in [0.717, 1.165) is 6.07 Å². The van der Waals surface area contributed by atoms with Crippen LogP contribution in [0.4, 0.5) is 8.78 Å². The predicted molar refractivity (Wildman–Crippen MR) is 78.3 cm³/mol. The Balaban J connectivity index is 2.49. The van der Waals surface area contributed by atoms with Gasteiger partial charge in [0.2, 0.25) is 0 Å². The third-order valence-corrected chi connectivity index (χ3v) is 3.73. The molecule has 2 aromatic carbocycles. The number of aryl methyl sites for hydroxylation is 1. The minimum absolute atomic E-state index is 0.207. The van der Waals surface area contributed by atoms with Gasteiger partial charge in [0.25, 0.3) is 0 Å². The Morgan fingerprint density at radius 1 is 0.952 bits per heavy atom. The molecule has 0 saturated carbocycles. The fourth-order valence-corrected chi connectivity index (χ4v) is 2.42. The smallest absolute Gasteiger partial charge is 0.131 e. The topological polar surface area (TPSA) is 18.5 Å². The van der Waals surface area contributed by atoms with E-state index in [4.69, 9.17) is 21.1 Å². The molecule has 0 aliphatic rings. The van der Waals surface area contributed by atoms with E-state index in [1.54, 1.807) is 25.1 Å². The average molecular weight is 313 g/mol. The largest absolute Gasteiger partial charge is 0.497 e. The third-order valence-electron chi connectivity index (χ3n) is 3.26. The molecule has 112 valence electrons. The van der Waals surface area contributed by atoms with Crippen LogP contribution in [0.5, 0.6) is 11.5 Å². The van der Waals surface area contributed by atoms with Crippen LogP contribution in [0.1, 0.15) is 22.1 Å². The van der Waals surface area contributed by atoms with Crippen molar-refractivity contribution in [1.29, 1.82) is 0 Å². The Kier molecular flexibility index (Phi) is 4.68. The van der Waals surface area contributed by atoms with Gasteiger partial charge >= 0.3 is 0 Å². The van der Waals surface area contributed by atoms with Gasteiger partial charge in [-0.3, -0.25) is 0 Å². The number of benzene rings is 2. The number of halogens is 3. The van der Waals surface area contributed by atoms with Gasteiger partial charge in [-0.05, 0) is 30.7 Å². The lowest BCUT2D eigenvalue weighted by Crippen LogP contribution is -2.02. The van der Waals surface area contributed by atoms with Crippen molar-refractivity contribution in [3.05, 3.63) is 58.7 Å². The molecule has 21 heavy (non-hydrogen) atoms. The number of alkyl halides is 1. The SMILES string of the molecule is COc1ccc(C(Cl)c2cc(C)c(F)cc2F)c(OC)c1. The van der Waals surface area contributed by atoms with Crippen LogP contribution in [0.3, 0.4) is 0 Å². The fourth-order valence-electron chi connectivity index (χ4n) is 2.07. The molecule has 0 bridgehead atoms. The van der Waals surface area contributed by atoms with E-state index in [1.807, 2.05) is 0 Å². The zero-order valence-electron chi connectivity index (χ0n) is 11.9. The summed E-state index contributed by atoms with van der Waals surface area (Å²) in [6, 6.07) is 7.33. The molecule has 2 rings (SSSR count). The molecular formula is C16H15ClF2O2. The first-order valence-electron chi connectivity index (χ1n) is 6.29. The van der Waals surface area contributed by atoms with Gasteiger partial charge in [0.05, 0.1) is 19.6 Å². The van der Waals surface area contributed by atoms with Crippen molar-refractivity contribution in [2.45, 2.75) is 12.3 Å². The summed E-state index contributed by atoms with van der Waals surface area (Å²) in [5.74, 6) is -0.191. The number of rotatable bonds is 4. The van der Waals surface area contributed by atoms with Crippen molar-refractivity contribution < 1.29 is 18.3 Å². The molecule has 0 aliphatic heterocycles. The van der Waals surface area contributed by atoms with Crippen LogP contribution >= 0.6 is 11.6 Å². The van der Waals surface area contributed by atoms with Crippen LogP contribution in [-0.4, -0.2) is 14.2 Å². The highest BCUT2D eigenvalue weighted by Crippen LogP contribution is 2.38. The van der Waals surface area contributed by atoms with Gasteiger partial charge in [-0.1, -0.05) is 0 Å². The first-order valence-corrected chi connectivity index (χ1v) is 6.73. The standard InChI is InChI=1S/C16H15ClF2O2/c1-9-6-12(14(19)8-13(9)18)16(17)11-5-4-10(20-2)7-15(11)21-3/h4-8,16H,1-3H3. The first kappa shape index (κ1) is 15.6. The Labute approximate surface area is 127 Å². The van der Waals surface area contributed by atoms with Crippen molar-refractivity contribution in [3.63, 3.8) is 0 Å². The highest BCUT2D eigenvalue weighted by molar-refractivity contribution is 6.22. The summed E-state index contributed by atoms with van der Waals surface area (Å²) in [7, 11) is 3.03. The minimum Gasteiger partial charge on any atom is -0.497 e. The molecule has 0 aromatic heterocycles. The molecule has 0 heterocycles. The maximum atomic E-state index is 14.0. The minimum atomic E-state index is -0.787. The zero-order chi connectivity index (χ0) is 15.6. The van der Waals surface area contributed by atoms with Gasteiger partial charge in [-0.25, -0.2) is 8.78 Å². The second kappa shape index (κ2) is 6.31. The lowest BCUT2D eigenvalue weighted by atomic mass is 10.0. The second-order valence-electron chi connectivity index (χ2n) is 4.59. The second-order valence-corrected chi connectivity index (χ2v) is 5.03. The Bertz CT molecular complexity index is 659. The normalized spacial score (nSPS) is 12.1. The molecule has 0 spiro atoms. The number of hydrogen-bond acceptors (Lipinski definition) is 2. The summed E-state index contributed by atoms with van der Waals surface area (Å²) in [5.41, 5.74) is 1.13. The molecule has 5 heteroatoms. The quantitative estimate of drug-likeness (QED) is 0.767. The lowest BCUT2D eigenvalue weighted by Gasteiger charge is -2.16. The Hall–Kier alpha value is -1.81. The molecule has 0 radical (unpaired) electrons. The number of ether oxygens (including phenoxy) is 2. The summed E-state index contributed by atoms with van der Waals surface area (Å²) in [4.78, 5) is 0. The molecule has 0 N–H and O–H groups in total. The summed E-state index contributed by atoms with van der Waals surface area (Å²) in [6.07, 6.45) is 0. The molecule has 2 aromatic rings. The van der Waals surface area contributed by atoms with Crippen molar-refractivity contribution in [1.82, 2.24) is 0 Å². The van der Waals surface area contributed by atoms with E-state index in [2.05, 4.69) is 0 Å². The molecule has 0 amide bonds. The van der Waals surface area contributed by atoms with Crippen LogP contribution in [0.2, 0.25) is 0 Å². The highest BCUT2D eigenvalue weighted by atomic mass is 35.5. The van der Waals surface area contributed by atoms with Crippen molar-refractivity contribution in [2.75, 3.05) is 14.2 Å². The van der Waals surface area contributed by atoms with Gasteiger partial charge < -0.3 is 9.47 Å². The number of methoxy groups -OCH3 is 2. The molecule has 1 atom stereocenters. The monoisotopic (exact) mass is 312 g/mol. The molecule has 0 aliphatic carbocycles. The average Bonchev–Trinajstić information content (AvgIpc) is 2.49. The van der Waals surface area contributed by atoms with Crippen LogP contribution in [0, 0.1) is 18.6 Å². The lowest BCUT2D eigenvalue weighted by molar-refractivity contribution is 0.391. The van der Waals surface area contributed by atoms with E-state index in [1.165, 1.54) is 20.3 Å². The molecule has 2 nitrogen and oxygen atoms in total. The third kappa shape index (κ3) is 3.10. The van der Waals surface area contributed by atoms with E-state index in [9.17, 15) is 8.78 Å². The summed E-state index contributed by atoms with van der Waals surface area (Å²) >= 11 is 6.36. The Morgan fingerprint density at radius 3 is 2.29 bits per heavy atom. The maximum Gasteiger partial charge on any atom is 0.131 e. The molecule has 0 saturated heterocycles. The van der Waals surface area contributed by atoms with Crippen LogP contribution < -0.4 is 9.47 Å². The first-order chi connectivity index (χ1) is 9.97. The summed E-state index contributed by atoms with van der Waals surface area (Å²) in [6.45, 7) is 1.56. The molecule has 0 fully saturated rings. The summed E-state index contributed by atoms with van der Waals surface area (Å²) in [5, 5.41) is -0.787.